The SMILES string of the molecule is Cc1nccn1Cc1nnc(C2CCN(C(C)C)CC2)n1C. The lowest BCUT2D eigenvalue weighted by atomic mass is 9.95. The maximum absolute atomic E-state index is 4.48. The van der Waals surface area contributed by atoms with Crippen LogP contribution in [0.15, 0.2) is 12.4 Å². The Balaban J connectivity index is 1.70. The molecule has 0 saturated carbocycles. The van der Waals surface area contributed by atoms with Crippen molar-refractivity contribution in [3.8, 4) is 0 Å². The van der Waals surface area contributed by atoms with Crippen LogP contribution in [0.3, 0.4) is 0 Å². The zero-order chi connectivity index (χ0) is 15.7. The van der Waals surface area contributed by atoms with E-state index in [9.17, 15) is 0 Å². The van der Waals surface area contributed by atoms with Gasteiger partial charge in [0.05, 0.1) is 6.54 Å². The first-order chi connectivity index (χ1) is 10.6. The topological polar surface area (TPSA) is 51.8 Å². The highest BCUT2D eigenvalue weighted by Gasteiger charge is 2.26. The van der Waals surface area contributed by atoms with Gasteiger partial charge >= 0.3 is 0 Å². The molecule has 3 rings (SSSR count). The normalized spacial score (nSPS) is 17.5. The van der Waals surface area contributed by atoms with Gasteiger partial charge in [0.1, 0.15) is 11.6 Å². The number of nitrogens with zero attached hydrogens (tertiary/aromatic N) is 6. The van der Waals surface area contributed by atoms with Gasteiger partial charge in [-0.15, -0.1) is 10.2 Å². The Morgan fingerprint density at radius 1 is 1.23 bits per heavy atom. The number of imidazole rings is 1. The van der Waals surface area contributed by atoms with E-state index in [-0.39, 0.29) is 0 Å². The molecule has 1 fully saturated rings. The smallest absolute Gasteiger partial charge is 0.152 e. The predicted molar refractivity (Wildman–Crippen MR) is 85.8 cm³/mol. The van der Waals surface area contributed by atoms with Gasteiger partial charge < -0.3 is 14.0 Å². The Labute approximate surface area is 132 Å². The summed E-state index contributed by atoms with van der Waals surface area (Å²) in [4.78, 5) is 6.81. The first-order valence-electron chi connectivity index (χ1n) is 8.16. The van der Waals surface area contributed by atoms with Crippen molar-refractivity contribution in [2.75, 3.05) is 13.1 Å². The van der Waals surface area contributed by atoms with Crippen LogP contribution in [-0.2, 0) is 13.6 Å². The fraction of sp³-hybridized carbons (Fsp3) is 0.688. The quantitative estimate of drug-likeness (QED) is 0.866. The van der Waals surface area contributed by atoms with Gasteiger partial charge in [0.2, 0.25) is 0 Å². The van der Waals surface area contributed by atoms with Crippen molar-refractivity contribution in [1.82, 2.24) is 29.2 Å². The van der Waals surface area contributed by atoms with Crippen LogP contribution in [0.1, 0.15) is 50.1 Å². The lowest BCUT2D eigenvalue weighted by Gasteiger charge is -2.34. The van der Waals surface area contributed by atoms with Gasteiger partial charge in [-0.2, -0.15) is 0 Å². The van der Waals surface area contributed by atoms with Crippen molar-refractivity contribution in [3.63, 3.8) is 0 Å². The van der Waals surface area contributed by atoms with Crippen molar-refractivity contribution >= 4 is 0 Å². The Morgan fingerprint density at radius 3 is 2.55 bits per heavy atom. The molecule has 120 valence electrons. The molecule has 0 aliphatic carbocycles. The highest BCUT2D eigenvalue weighted by atomic mass is 15.3. The van der Waals surface area contributed by atoms with Gasteiger partial charge in [0.15, 0.2) is 5.82 Å². The molecular formula is C16H26N6. The Bertz CT molecular complexity index is 618. The van der Waals surface area contributed by atoms with Crippen LogP contribution in [0, 0.1) is 6.92 Å². The summed E-state index contributed by atoms with van der Waals surface area (Å²) in [6.07, 6.45) is 6.17. The molecule has 0 atom stereocenters. The van der Waals surface area contributed by atoms with E-state index in [0.29, 0.717) is 12.0 Å². The molecule has 0 aromatic carbocycles. The molecular weight excluding hydrogens is 276 g/mol. The van der Waals surface area contributed by atoms with Crippen LogP contribution in [0.4, 0.5) is 0 Å². The van der Waals surface area contributed by atoms with Crippen molar-refractivity contribution in [2.45, 2.75) is 52.1 Å². The second kappa shape index (κ2) is 6.20. The minimum absolute atomic E-state index is 0.533. The first-order valence-corrected chi connectivity index (χ1v) is 8.16. The van der Waals surface area contributed by atoms with Crippen molar-refractivity contribution in [3.05, 3.63) is 29.9 Å². The second-order valence-electron chi connectivity index (χ2n) is 6.54. The Hall–Kier alpha value is -1.69. The standard InChI is InChI=1S/C16H26N6/c1-12(2)21-8-5-14(6-9-21)16-19-18-15(20(16)4)11-22-10-7-17-13(22)3/h7,10,12,14H,5-6,8-9,11H2,1-4H3. The van der Waals surface area contributed by atoms with E-state index in [2.05, 4.69) is 50.1 Å². The van der Waals surface area contributed by atoms with Crippen molar-refractivity contribution < 1.29 is 0 Å². The van der Waals surface area contributed by atoms with E-state index in [1.807, 2.05) is 19.3 Å². The van der Waals surface area contributed by atoms with E-state index >= 15 is 0 Å². The number of aromatic nitrogens is 5. The first kappa shape index (κ1) is 15.2. The number of hydrogen-bond donors (Lipinski definition) is 0. The number of aryl methyl sites for hydroxylation is 1. The van der Waals surface area contributed by atoms with Crippen molar-refractivity contribution in [2.24, 2.45) is 7.05 Å². The van der Waals surface area contributed by atoms with E-state index in [1.54, 1.807) is 0 Å². The summed E-state index contributed by atoms with van der Waals surface area (Å²) < 4.78 is 4.28. The minimum Gasteiger partial charge on any atom is -0.328 e. The maximum Gasteiger partial charge on any atom is 0.152 e. The van der Waals surface area contributed by atoms with Gasteiger partial charge in [-0.3, -0.25) is 0 Å². The summed E-state index contributed by atoms with van der Waals surface area (Å²) in [5, 5.41) is 8.89. The fourth-order valence-corrected chi connectivity index (χ4v) is 3.27. The lowest BCUT2D eigenvalue weighted by molar-refractivity contribution is 0.168. The molecule has 1 aliphatic heterocycles. The van der Waals surface area contributed by atoms with Crippen LogP contribution in [0.5, 0.6) is 0 Å². The van der Waals surface area contributed by atoms with E-state index in [1.165, 1.54) is 12.8 Å². The maximum atomic E-state index is 4.48. The third kappa shape index (κ3) is 2.92. The molecule has 0 amide bonds. The summed E-state index contributed by atoms with van der Waals surface area (Å²) in [7, 11) is 2.09. The average Bonchev–Trinajstić information content (AvgIpc) is 3.07. The summed E-state index contributed by atoms with van der Waals surface area (Å²) in [5.74, 6) is 3.68. The van der Waals surface area contributed by atoms with Gasteiger partial charge in [-0.25, -0.2) is 4.98 Å². The monoisotopic (exact) mass is 302 g/mol. The molecule has 1 saturated heterocycles. The van der Waals surface area contributed by atoms with Gasteiger partial charge in [0, 0.05) is 31.4 Å². The van der Waals surface area contributed by atoms with Gasteiger partial charge in [-0.1, -0.05) is 0 Å². The molecule has 6 nitrogen and oxygen atoms in total. The predicted octanol–water partition coefficient (Wildman–Crippen LogP) is 1.96. The number of rotatable bonds is 4. The largest absolute Gasteiger partial charge is 0.328 e. The van der Waals surface area contributed by atoms with Crippen LogP contribution >= 0.6 is 0 Å². The summed E-state index contributed by atoms with van der Waals surface area (Å²) in [5.41, 5.74) is 0. The van der Waals surface area contributed by atoms with E-state index in [4.69, 9.17) is 0 Å². The number of piperidine rings is 1. The number of hydrogen-bond acceptors (Lipinski definition) is 4. The average molecular weight is 302 g/mol. The summed E-state index contributed by atoms with van der Waals surface area (Å²) in [6.45, 7) is 9.61. The summed E-state index contributed by atoms with van der Waals surface area (Å²) in [6, 6.07) is 0.639. The second-order valence-corrected chi connectivity index (χ2v) is 6.54. The van der Waals surface area contributed by atoms with Crippen molar-refractivity contribution in [1.29, 1.82) is 0 Å². The highest BCUT2D eigenvalue weighted by molar-refractivity contribution is 5.05. The van der Waals surface area contributed by atoms with E-state index in [0.717, 1.165) is 37.1 Å². The van der Waals surface area contributed by atoms with E-state index < -0.39 is 0 Å². The molecule has 2 aromatic rings. The molecule has 0 spiro atoms. The van der Waals surface area contributed by atoms with Crippen LogP contribution < -0.4 is 0 Å². The molecule has 0 radical (unpaired) electrons. The third-order valence-corrected chi connectivity index (χ3v) is 4.86. The van der Waals surface area contributed by atoms with Crippen LogP contribution in [0.25, 0.3) is 0 Å². The van der Waals surface area contributed by atoms with Gasteiger partial charge in [-0.05, 0) is 46.7 Å². The van der Waals surface area contributed by atoms with Crippen LogP contribution in [0.2, 0.25) is 0 Å². The Kier molecular flexibility index (Phi) is 4.29. The van der Waals surface area contributed by atoms with Crippen LogP contribution in [-0.4, -0.2) is 48.3 Å². The molecule has 22 heavy (non-hydrogen) atoms. The molecule has 1 aliphatic rings. The molecule has 0 bridgehead atoms. The molecule has 0 unspecified atom stereocenters. The summed E-state index contributed by atoms with van der Waals surface area (Å²) >= 11 is 0. The lowest BCUT2D eigenvalue weighted by Crippen LogP contribution is -2.38. The third-order valence-electron chi connectivity index (χ3n) is 4.86. The molecule has 0 N–H and O–H groups in total. The number of likely N-dealkylation sites (tertiary alicyclic amines) is 1. The highest BCUT2D eigenvalue weighted by Crippen LogP contribution is 2.27. The molecule has 3 heterocycles. The fourth-order valence-electron chi connectivity index (χ4n) is 3.27. The zero-order valence-electron chi connectivity index (χ0n) is 14.0. The van der Waals surface area contributed by atoms with Gasteiger partial charge in [0.25, 0.3) is 0 Å². The molecule has 2 aromatic heterocycles. The molecule has 6 heteroatoms. The minimum atomic E-state index is 0.533. The zero-order valence-corrected chi connectivity index (χ0v) is 14.0. The Morgan fingerprint density at radius 2 is 1.95 bits per heavy atom.